The summed E-state index contributed by atoms with van der Waals surface area (Å²) >= 11 is 0. The molecule has 4 aromatic rings. The molecule has 58 heavy (non-hydrogen) atoms. The van der Waals surface area contributed by atoms with E-state index in [-0.39, 0.29) is 35.7 Å². The summed E-state index contributed by atoms with van der Waals surface area (Å²) in [5, 5.41) is 5.43. The third kappa shape index (κ3) is 7.04. The van der Waals surface area contributed by atoms with Crippen LogP contribution in [-0.4, -0.2) is 93.1 Å². The third-order valence-electron chi connectivity index (χ3n) is 12.1. The van der Waals surface area contributed by atoms with E-state index in [0.717, 1.165) is 106 Å². The summed E-state index contributed by atoms with van der Waals surface area (Å²) < 4.78 is 16.1. The summed E-state index contributed by atoms with van der Waals surface area (Å²) in [6.07, 6.45) is 5.38. The molecule has 15 nitrogen and oxygen atoms in total. The van der Waals surface area contributed by atoms with E-state index in [2.05, 4.69) is 50.9 Å². The summed E-state index contributed by atoms with van der Waals surface area (Å²) in [4.78, 5) is 72.1. The van der Waals surface area contributed by atoms with Crippen molar-refractivity contribution in [3.63, 3.8) is 0 Å². The second kappa shape index (κ2) is 15.8. The maximum absolute atomic E-state index is 13.8. The number of amides is 4. The molecule has 0 saturated carbocycles. The van der Waals surface area contributed by atoms with Gasteiger partial charge in [-0.25, -0.2) is 19.6 Å². The van der Waals surface area contributed by atoms with Gasteiger partial charge in [0.15, 0.2) is 0 Å². The Morgan fingerprint density at radius 3 is 2.02 bits per heavy atom. The molecular weight excluding hydrogens is 741 g/mol. The molecule has 5 heterocycles. The van der Waals surface area contributed by atoms with Gasteiger partial charge in [0, 0.05) is 35.5 Å². The number of fused-ring (bicyclic) bond motifs is 7. The molecule has 1 aliphatic carbocycles. The predicted octanol–water partition coefficient (Wildman–Crippen LogP) is 6.21. The first kappa shape index (κ1) is 39.0. The van der Waals surface area contributed by atoms with Crippen LogP contribution in [0.4, 0.5) is 9.59 Å². The lowest BCUT2D eigenvalue weighted by Gasteiger charge is -2.30. The summed E-state index contributed by atoms with van der Waals surface area (Å²) in [5.41, 5.74) is 9.17. The van der Waals surface area contributed by atoms with Gasteiger partial charge in [-0.3, -0.25) is 9.59 Å². The molecule has 0 spiro atoms. The van der Waals surface area contributed by atoms with Gasteiger partial charge < -0.3 is 44.6 Å². The quantitative estimate of drug-likeness (QED) is 0.153. The Morgan fingerprint density at radius 1 is 0.793 bits per heavy atom. The zero-order valence-electron chi connectivity index (χ0n) is 33.9. The molecule has 4 amide bonds. The fourth-order valence-electron chi connectivity index (χ4n) is 9.05. The summed E-state index contributed by atoms with van der Waals surface area (Å²) in [6, 6.07) is 8.80. The SMILES string of the molecule is COC(=O)N[C@H](C(=O)N1CCCC1c1ncc(-c2ccc3c(c2)COc2c-3ccc3c2CCc2[nH]c([C@@H]4CCCN4C(=O)[C@@H](NC(=O)OC)C(C)C)nc2-3)[nH]1)C(C)C. The number of rotatable bonds is 9. The first-order valence-electron chi connectivity index (χ1n) is 20.3. The molecule has 306 valence electrons. The zero-order chi connectivity index (χ0) is 40.8. The van der Waals surface area contributed by atoms with Crippen molar-refractivity contribution in [3.8, 4) is 39.4 Å². The molecule has 4 N–H and O–H groups in total. The predicted molar refractivity (Wildman–Crippen MR) is 214 cm³/mol. The summed E-state index contributed by atoms with van der Waals surface area (Å²) in [7, 11) is 2.59. The van der Waals surface area contributed by atoms with Crippen LogP contribution in [0, 0.1) is 11.8 Å². The number of aromatic amines is 2. The number of benzene rings is 2. The number of hydrogen-bond acceptors (Lipinski definition) is 9. The molecule has 4 atom stereocenters. The lowest BCUT2D eigenvalue weighted by atomic mass is 9.86. The molecule has 15 heteroatoms. The fourth-order valence-corrected chi connectivity index (χ4v) is 9.05. The minimum Gasteiger partial charge on any atom is -0.488 e. The molecule has 3 aliphatic heterocycles. The standard InChI is InChI=1S/C43H52N8O7/c1-22(2)34(48-42(54)56-5)40(52)50-17-7-9-32(50)38-44-20-31(46-38)24-11-12-26-25(19-24)21-58-37-28(26)14-13-27-29(37)15-16-30-36(27)47-39(45-30)33-10-8-18-51(33)41(53)35(23(3)4)49-43(55)57-6/h11-14,19-20,22-23,32-35H,7-10,15-18,21H2,1-6H3,(H,44,46)(H,45,47)(H,48,54)(H,49,55)/t32?,33-,34-,35-/m0/s1. The molecule has 0 bridgehead atoms. The van der Waals surface area contributed by atoms with E-state index in [9.17, 15) is 19.2 Å². The summed E-state index contributed by atoms with van der Waals surface area (Å²) in [5.74, 6) is 1.87. The Labute approximate surface area is 337 Å². The summed E-state index contributed by atoms with van der Waals surface area (Å²) in [6.45, 7) is 9.23. The molecule has 2 fully saturated rings. The maximum Gasteiger partial charge on any atom is 0.407 e. The smallest absolute Gasteiger partial charge is 0.407 e. The van der Waals surface area contributed by atoms with Gasteiger partial charge in [-0.2, -0.15) is 0 Å². The van der Waals surface area contributed by atoms with Crippen LogP contribution in [0.5, 0.6) is 5.75 Å². The van der Waals surface area contributed by atoms with Crippen molar-refractivity contribution in [1.82, 2.24) is 40.4 Å². The van der Waals surface area contributed by atoms with Gasteiger partial charge in [-0.15, -0.1) is 0 Å². The van der Waals surface area contributed by atoms with E-state index < -0.39 is 24.3 Å². The van der Waals surface area contributed by atoms with Crippen molar-refractivity contribution in [2.45, 2.75) is 97.0 Å². The normalized spacial score (nSPS) is 19.1. The van der Waals surface area contributed by atoms with Crippen molar-refractivity contribution >= 4 is 24.0 Å². The van der Waals surface area contributed by atoms with Gasteiger partial charge in [0.25, 0.3) is 0 Å². The number of H-pyrrole nitrogens is 2. The van der Waals surface area contributed by atoms with E-state index in [1.54, 1.807) is 0 Å². The molecule has 2 aromatic heterocycles. The van der Waals surface area contributed by atoms with Crippen LogP contribution in [0.1, 0.15) is 93.9 Å². The second-order valence-electron chi connectivity index (χ2n) is 16.4. The number of aryl methyl sites for hydroxylation is 1. The van der Waals surface area contributed by atoms with E-state index in [4.69, 9.17) is 24.2 Å². The number of methoxy groups -OCH3 is 2. The Balaban J connectivity index is 1.01. The van der Waals surface area contributed by atoms with Gasteiger partial charge in [-0.05, 0) is 79.2 Å². The van der Waals surface area contributed by atoms with Crippen molar-refractivity contribution in [2.75, 3.05) is 27.3 Å². The minimum atomic E-state index is -0.697. The third-order valence-corrected chi connectivity index (χ3v) is 12.1. The highest BCUT2D eigenvalue weighted by molar-refractivity contribution is 5.88. The number of nitrogens with zero attached hydrogens (tertiary/aromatic N) is 4. The number of aromatic nitrogens is 4. The van der Waals surface area contributed by atoms with Gasteiger partial charge in [0.05, 0.1) is 43.9 Å². The molecule has 8 rings (SSSR count). The largest absolute Gasteiger partial charge is 0.488 e. The van der Waals surface area contributed by atoms with Gasteiger partial charge in [-0.1, -0.05) is 45.9 Å². The Bertz CT molecular complexity index is 2240. The molecule has 2 saturated heterocycles. The number of alkyl carbamates (subject to hydrolysis) is 2. The maximum atomic E-state index is 13.8. The van der Waals surface area contributed by atoms with Gasteiger partial charge in [0.2, 0.25) is 11.8 Å². The van der Waals surface area contributed by atoms with Gasteiger partial charge >= 0.3 is 12.2 Å². The van der Waals surface area contributed by atoms with Crippen LogP contribution in [0.25, 0.3) is 33.6 Å². The van der Waals surface area contributed by atoms with Crippen molar-refractivity contribution in [3.05, 3.63) is 65.0 Å². The molecule has 1 unspecified atom stereocenters. The highest BCUT2D eigenvalue weighted by Crippen LogP contribution is 2.47. The Morgan fingerprint density at radius 2 is 1.40 bits per heavy atom. The van der Waals surface area contributed by atoms with Crippen molar-refractivity contribution < 1.29 is 33.4 Å². The average Bonchev–Trinajstić information content (AvgIpc) is 4.06. The van der Waals surface area contributed by atoms with E-state index >= 15 is 0 Å². The highest BCUT2D eigenvalue weighted by atomic mass is 16.5. The van der Waals surface area contributed by atoms with Crippen molar-refractivity contribution in [2.24, 2.45) is 11.8 Å². The average molecular weight is 793 g/mol. The number of likely N-dealkylation sites (tertiary alicyclic amines) is 2. The van der Waals surface area contributed by atoms with Crippen LogP contribution in [0.3, 0.4) is 0 Å². The number of hydrogen-bond donors (Lipinski definition) is 4. The second-order valence-corrected chi connectivity index (χ2v) is 16.4. The van der Waals surface area contributed by atoms with Crippen LogP contribution in [-0.2, 0) is 38.5 Å². The van der Waals surface area contributed by atoms with Crippen LogP contribution < -0.4 is 15.4 Å². The van der Waals surface area contributed by atoms with Crippen LogP contribution in [0.15, 0.2) is 36.5 Å². The van der Waals surface area contributed by atoms with Gasteiger partial charge in [0.1, 0.15) is 36.1 Å². The fraction of sp³-hybridized carbons (Fsp3) is 0.488. The van der Waals surface area contributed by atoms with Crippen LogP contribution >= 0.6 is 0 Å². The Hall–Kier alpha value is -5.86. The van der Waals surface area contributed by atoms with E-state index in [1.165, 1.54) is 14.2 Å². The number of ether oxygens (including phenoxy) is 3. The highest BCUT2D eigenvalue weighted by Gasteiger charge is 2.40. The lowest BCUT2D eigenvalue weighted by molar-refractivity contribution is -0.136. The monoisotopic (exact) mass is 792 g/mol. The number of carbonyl (C=O) groups is 4. The van der Waals surface area contributed by atoms with Crippen LogP contribution in [0.2, 0.25) is 0 Å². The lowest BCUT2D eigenvalue weighted by Crippen LogP contribution is -2.51. The van der Waals surface area contributed by atoms with E-state index in [1.807, 2.05) is 43.7 Å². The number of nitrogens with one attached hydrogen (secondary N) is 4. The molecular formula is C43H52N8O7. The molecule has 0 radical (unpaired) electrons. The first-order valence-corrected chi connectivity index (χ1v) is 20.3. The Kier molecular flexibility index (Phi) is 10.6. The van der Waals surface area contributed by atoms with E-state index in [0.29, 0.717) is 19.7 Å². The number of carbonyl (C=O) groups excluding carboxylic acids is 4. The molecule has 2 aromatic carbocycles. The number of imidazole rings is 2. The minimum absolute atomic E-state index is 0.111. The zero-order valence-corrected chi connectivity index (χ0v) is 33.9. The molecule has 4 aliphatic rings. The first-order chi connectivity index (χ1) is 28.0. The topological polar surface area (TPSA) is 184 Å². The van der Waals surface area contributed by atoms with Crippen molar-refractivity contribution in [1.29, 1.82) is 0 Å².